The molecule has 0 aliphatic heterocycles. The van der Waals surface area contributed by atoms with Gasteiger partial charge in [-0.05, 0) is 60.0 Å². The van der Waals surface area contributed by atoms with Crippen molar-refractivity contribution in [2.45, 2.75) is 43.7 Å². The number of hydrogen-bond acceptors (Lipinski definition) is 4. The average Bonchev–Trinajstić information content (AvgIpc) is 3.03. The van der Waals surface area contributed by atoms with Gasteiger partial charge in [0.15, 0.2) is 0 Å². The molecule has 0 spiro atoms. The van der Waals surface area contributed by atoms with Gasteiger partial charge in [-0.3, -0.25) is 13.9 Å². The molecule has 0 bridgehead atoms. The van der Waals surface area contributed by atoms with Crippen LogP contribution in [0.5, 0.6) is 0 Å². The van der Waals surface area contributed by atoms with Crippen molar-refractivity contribution >= 4 is 55.1 Å². The number of nitrogens with zero attached hydrogens (tertiary/aromatic N) is 2. The third-order valence-corrected chi connectivity index (χ3v) is 9.61. The number of carbonyl (C=O) groups excluding carboxylic acids is 2. The molecule has 4 aromatic carbocycles. The first kappa shape index (κ1) is 33.2. The average molecular weight is 697 g/mol. The summed E-state index contributed by atoms with van der Waals surface area (Å²) in [5.41, 5.74) is 1.94. The number of anilines is 1. The molecule has 4 rings (SSSR count). The molecular weight excluding hydrogens is 662 g/mol. The molecule has 1 atom stereocenters. The van der Waals surface area contributed by atoms with Gasteiger partial charge in [0.05, 0.1) is 10.6 Å². The first-order valence-electron chi connectivity index (χ1n) is 14.4. The monoisotopic (exact) mass is 695 g/mol. The molecular formula is C34H35BrClN3O4S. The lowest BCUT2D eigenvalue weighted by Gasteiger charge is -2.34. The number of rotatable bonds is 14. The van der Waals surface area contributed by atoms with E-state index in [1.54, 1.807) is 66.7 Å². The molecule has 0 saturated carbocycles. The molecule has 0 fully saturated rings. The van der Waals surface area contributed by atoms with Crippen molar-refractivity contribution in [1.82, 2.24) is 10.2 Å². The maximum atomic E-state index is 14.4. The van der Waals surface area contributed by atoms with Crippen LogP contribution in [0.1, 0.15) is 30.9 Å². The van der Waals surface area contributed by atoms with Gasteiger partial charge in [-0.2, -0.15) is 0 Å². The quantitative estimate of drug-likeness (QED) is 0.146. The van der Waals surface area contributed by atoms with E-state index in [2.05, 4.69) is 21.2 Å². The minimum Gasteiger partial charge on any atom is -0.354 e. The second kappa shape index (κ2) is 15.9. The maximum absolute atomic E-state index is 14.4. The highest BCUT2D eigenvalue weighted by Gasteiger charge is 2.34. The number of carbonyl (C=O) groups is 2. The van der Waals surface area contributed by atoms with Crippen LogP contribution in [0.25, 0.3) is 0 Å². The van der Waals surface area contributed by atoms with E-state index in [0.717, 1.165) is 28.3 Å². The van der Waals surface area contributed by atoms with Gasteiger partial charge in [0.1, 0.15) is 12.6 Å². The number of amides is 2. The summed E-state index contributed by atoms with van der Waals surface area (Å²) in [7, 11) is -4.15. The summed E-state index contributed by atoms with van der Waals surface area (Å²) in [4.78, 5) is 29.7. The van der Waals surface area contributed by atoms with Gasteiger partial charge in [0, 0.05) is 29.0 Å². The van der Waals surface area contributed by atoms with E-state index < -0.39 is 28.5 Å². The molecule has 2 amide bonds. The highest BCUT2D eigenvalue weighted by Crippen LogP contribution is 2.27. The molecule has 4 aromatic rings. The van der Waals surface area contributed by atoms with E-state index in [-0.39, 0.29) is 23.8 Å². The zero-order valence-corrected chi connectivity index (χ0v) is 27.6. The Labute approximate surface area is 273 Å². The second-order valence-electron chi connectivity index (χ2n) is 10.3. The van der Waals surface area contributed by atoms with Crippen molar-refractivity contribution in [2.24, 2.45) is 0 Å². The van der Waals surface area contributed by atoms with Gasteiger partial charge in [-0.1, -0.05) is 108 Å². The van der Waals surface area contributed by atoms with Crippen molar-refractivity contribution in [1.29, 1.82) is 0 Å². The Hall–Kier alpha value is -3.66. The van der Waals surface area contributed by atoms with Crippen LogP contribution in [-0.4, -0.2) is 44.3 Å². The molecule has 7 nitrogen and oxygen atoms in total. The van der Waals surface area contributed by atoms with E-state index in [9.17, 15) is 18.0 Å². The number of sulfonamides is 1. The van der Waals surface area contributed by atoms with E-state index >= 15 is 0 Å². The fraction of sp³-hybridized carbons (Fsp3) is 0.235. The zero-order chi connectivity index (χ0) is 31.5. The van der Waals surface area contributed by atoms with Crippen molar-refractivity contribution < 1.29 is 18.0 Å². The fourth-order valence-electron chi connectivity index (χ4n) is 4.73. The molecule has 0 heterocycles. The van der Waals surface area contributed by atoms with E-state index in [1.165, 1.54) is 17.0 Å². The summed E-state index contributed by atoms with van der Waals surface area (Å²) in [6.45, 7) is 2.06. The summed E-state index contributed by atoms with van der Waals surface area (Å²) >= 11 is 9.57. The van der Waals surface area contributed by atoms with Crippen molar-refractivity contribution in [3.63, 3.8) is 0 Å². The molecule has 0 aromatic heterocycles. The van der Waals surface area contributed by atoms with Crippen molar-refractivity contribution in [2.75, 3.05) is 17.4 Å². The zero-order valence-electron chi connectivity index (χ0n) is 24.4. The van der Waals surface area contributed by atoms with E-state index in [4.69, 9.17) is 11.6 Å². The van der Waals surface area contributed by atoms with Gasteiger partial charge in [0.2, 0.25) is 11.8 Å². The molecule has 1 N–H and O–H groups in total. The number of hydrogen-bond donors (Lipinski definition) is 1. The van der Waals surface area contributed by atoms with Gasteiger partial charge in [-0.15, -0.1) is 0 Å². The van der Waals surface area contributed by atoms with Crippen LogP contribution in [0.2, 0.25) is 5.02 Å². The molecule has 44 heavy (non-hydrogen) atoms. The van der Waals surface area contributed by atoms with Gasteiger partial charge in [0.25, 0.3) is 10.0 Å². The predicted octanol–water partition coefficient (Wildman–Crippen LogP) is 6.85. The number of benzene rings is 4. The third-order valence-electron chi connectivity index (χ3n) is 7.07. The van der Waals surface area contributed by atoms with Gasteiger partial charge in [-0.25, -0.2) is 8.42 Å². The predicted molar refractivity (Wildman–Crippen MR) is 179 cm³/mol. The number of unbranched alkanes of at least 4 members (excludes halogenated alkanes) is 1. The Morgan fingerprint density at radius 1 is 0.864 bits per heavy atom. The SMILES string of the molecule is CCCCNC(=O)C(Cc1ccccc1)N(Cc1ccc(Cl)cc1)C(=O)CN(c1cccc(Br)c1)S(=O)(=O)c1ccccc1. The molecule has 0 saturated heterocycles. The summed E-state index contributed by atoms with van der Waals surface area (Å²) in [5, 5.41) is 3.53. The molecule has 0 radical (unpaired) electrons. The summed E-state index contributed by atoms with van der Waals surface area (Å²) in [5.74, 6) is -0.824. The normalized spacial score (nSPS) is 11.9. The van der Waals surface area contributed by atoms with Crippen LogP contribution < -0.4 is 9.62 Å². The maximum Gasteiger partial charge on any atom is 0.264 e. The van der Waals surface area contributed by atoms with E-state index in [0.29, 0.717) is 21.7 Å². The van der Waals surface area contributed by atoms with Crippen molar-refractivity contribution in [3.05, 3.63) is 130 Å². The highest BCUT2D eigenvalue weighted by atomic mass is 79.9. The van der Waals surface area contributed by atoms with Crippen LogP contribution >= 0.6 is 27.5 Å². The Kier molecular flexibility index (Phi) is 12.0. The first-order valence-corrected chi connectivity index (χ1v) is 17.0. The Morgan fingerprint density at radius 2 is 1.52 bits per heavy atom. The Balaban J connectivity index is 1.78. The van der Waals surface area contributed by atoms with Gasteiger partial charge >= 0.3 is 0 Å². The Morgan fingerprint density at radius 3 is 2.16 bits per heavy atom. The van der Waals surface area contributed by atoms with E-state index in [1.807, 2.05) is 37.3 Å². The smallest absolute Gasteiger partial charge is 0.264 e. The number of halogens is 2. The number of nitrogens with one attached hydrogen (secondary N) is 1. The summed E-state index contributed by atoms with van der Waals surface area (Å²) in [6.07, 6.45) is 1.94. The minimum atomic E-state index is -4.15. The second-order valence-corrected chi connectivity index (χ2v) is 13.5. The molecule has 1 unspecified atom stereocenters. The lowest BCUT2D eigenvalue weighted by molar-refractivity contribution is -0.140. The molecule has 0 aliphatic carbocycles. The summed E-state index contributed by atoms with van der Waals surface area (Å²) < 4.78 is 29.8. The van der Waals surface area contributed by atoms with Gasteiger partial charge < -0.3 is 10.2 Å². The topological polar surface area (TPSA) is 86.8 Å². The highest BCUT2D eigenvalue weighted by molar-refractivity contribution is 9.10. The fourth-order valence-corrected chi connectivity index (χ4v) is 6.67. The molecule has 10 heteroatoms. The van der Waals surface area contributed by atoms with Crippen LogP contribution in [0.3, 0.4) is 0 Å². The van der Waals surface area contributed by atoms with Crippen molar-refractivity contribution in [3.8, 4) is 0 Å². The molecule has 230 valence electrons. The first-order chi connectivity index (χ1) is 21.2. The third kappa shape index (κ3) is 8.94. The minimum absolute atomic E-state index is 0.0511. The lowest BCUT2D eigenvalue weighted by Crippen LogP contribution is -2.53. The van der Waals surface area contributed by atoms with Crippen LogP contribution in [0.15, 0.2) is 119 Å². The standard InChI is InChI=1S/C34H35BrClN3O4S/c1-2-3-21-37-34(41)32(22-26-11-6-4-7-12-26)38(24-27-17-19-29(36)20-18-27)33(40)25-39(30-14-10-13-28(35)23-30)44(42,43)31-15-8-5-9-16-31/h4-20,23,32H,2-3,21-22,24-25H2,1H3,(H,37,41). The van der Waals surface area contributed by atoms with Crippen LogP contribution in [0.4, 0.5) is 5.69 Å². The Bertz CT molecular complexity index is 1640. The summed E-state index contributed by atoms with van der Waals surface area (Å²) in [6, 6.07) is 30.4. The van der Waals surface area contributed by atoms with Crippen LogP contribution in [0, 0.1) is 0 Å². The molecule has 0 aliphatic rings. The largest absolute Gasteiger partial charge is 0.354 e. The lowest BCUT2D eigenvalue weighted by atomic mass is 10.0. The van der Waals surface area contributed by atoms with Crippen LogP contribution in [-0.2, 0) is 32.6 Å².